The van der Waals surface area contributed by atoms with E-state index in [9.17, 15) is 4.79 Å². The first-order valence-electron chi connectivity index (χ1n) is 9.35. The molecule has 0 atom stereocenters. The third-order valence-corrected chi connectivity index (χ3v) is 6.09. The lowest BCUT2D eigenvalue weighted by Gasteiger charge is -2.12. The number of hydrogen-bond acceptors (Lipinski definition) is 4. The number of pyridine rings is 1. The van der Waals surface area contributed by atoms with Gasteiger partial charge in [-0.05, 0) is 52.3 Å². The molecule has 4 aromatic rings. The number of rotatable bonds is 8. The first kappa shape index (κ1) is 19.7. The quantitative estimate of drug-likeness (QED) is 0.398. The summed E-state index contributed by atoms with van der Waals surface area (Å²) in [6, 6.07) is 19.5. The van der Waals surface area contributed by atoms with Crippen LogP contribution < -0.4 is 10.1 Å². The largest absolute Gasteiger partial charge is 0.492 e. The molecule has 0 fully saturated rings. The number of amides is 1. The van der Waals surface area contributed by atoms with Crippen molar-refractivity contribution in [2.75, 3.05) is 13.2 Å². The van der Waals surface area contributed by atoms with E-state index in [4.69, 9.17) is 4.74 Å². The summed E-state index contributed by atoms with van der Waals surface area (Å²) in [5.74, 6) is 0.740. The van der Waals surface area contributed by atoms with Gasteiger partial charge in [-0.3, -0.25) is 9.78 Å². The number of ether oxygens (including phenoxy) is 1. The smallest absolute Gasteiger partial charge is 0.267 e. The van der Waals surface area contributed by atoms with Crippen molar-refractivity contribution in [3.8, 4) is 5.75 Å². The van der Waals surface area contributed by atoms with E-state index in [1.165, 1.54) is 0 Å². The minimum absolute atomic E-state index is 0.0832. The van der Waals surface area contributed by atoms with Crippen LogP contribution >= 0.6 is 27.3 Å². The van der Waals surface area contributed by atoms with Gasteiger partial charge in [-0.15, -0.1) is 11.3 Å². The highest BCUT2D eigenvalue weighted by atomic mass is 79.9. The van der Waals surface area contributed by atoms with Crippen molar-refractivity contribution in [1.82, 2.24) is 14.9 Å². The van der Waals surface area contributed by atoms with Gasteiger partial charge in [-0.2, -0.15) is 0 Å². The van der Waals surface area contributed by atoms with Gasteiger partial charge in [-0.25, -0.2) is 0 Å². The van der Waals surface area contributed by atoms with Crippen molar-refractivity contribution in [3.05, 3.63) is 82.0 Å². The molecule has 3 heterocycles. The van der Waals surface area contributed by atoms with E-state index < -0.39 is 0 Å². The van der Waals surface area contributed by atoms with Crippen LogP contribution in [0.5, 0.6) is 5.75 Å². The lowest BCUT2D eigenvalue weighted by Crippen LogP contribution is -2.28. The average Bonchev–Trinajstić information content (AvgIpc) is 3.26. The van der Waals surface area contributed by atoms with Gasteiger partial charge in [0.15, 0.2) is 0 Å². The molecule has 5 nitrogen and oxygen atoms in total. The maximum atomic E-state index is 12.8. The second-order valence-corrected chi connectivity index (χ2v) is 8.93. The molecule has 0 unspecified atom stereocenters. The normalized spacial score (nSPS) is 10.9. The summed E-state index contributed by atoms with van der Waals surface area (Å²) in [5, 5.41) is 3.01. The molecular formula is C22H20BrN3O2S. The third kappa shape index (κ3) is 4.86. The molecule has 1 amide bonds. The molecule has 4 rings (SSSR count). The third-order valence-electron chi connectivity index (χ3n) is 4.51. The first-order valence-corrected chi connectivity index (χ1v) is 11.0. The predicted molar refractivity (Wildman–Crippen MR) is 120 cm³/mol. The molecule has 1 aromatic carbocycles. The predicted octanol–water partition coefficient (Wildman–Crippen LogP) is 4.91. The van der Waals surface area contributed by atoms with Crippen molar-refractivity contribution >= 4 is 43.4 Å². The molecule has 0 aliphatic heterocycles. The molecule has 0 radical (unpaired) electrons. The van der Waals surface area contributed by atoms with E-state index in [0.717, 1.165) is 25.4 Å². The molecule has 29 heavy (non-hydrogen) atoms. The number of carbonyl (C=O) groups is 1. The van der Waals surface area contributed by atoms with Crippen LogP contribution in [-0.2, 0) is 13.0 Å². The summed E-state index contributed by atoms with van der Waals surface area (Å²) in [6.07, 6.45) is 2.46. The fourth-order valence-corrected chi connectivity index (χ4v) is 4.72. The number of aromatic nitrogens is 2. The van der Waals surface area contributed by atoms with Crippen LogP contribution in [-0.4, -0.2) is 28.6 Å². The lowest BCUT2D eigenvalue weighted by molar-refractivity contribution is 0.0944. The number of para-hydroxylation sites is 1. The number of halogens is 1. The van der Waals surface area contributed by atoms with E-state index in [2.05, 4.69) is 26.2 Å². The summed E-state index contributed by atoms with van der Waals surface area (Å²) in [4.78, 5) is 17.1. The molecule has 148 valence electrons. The summed E-state index contributed by atoms with van der Waals surface area (Å²) < 4.78 is 9.98. The number of thiophene rings is 1. The summed E-state index contributed by atoms with van der Waals surface area (Å²) in [7, 11) is 0. The summed E-state index contributed by atoms with van der Waals surface area (Å²) in [5.41, 5.74) is 2.65. The minimum atomic E-state index is -0.0832. The Morgan fingerprint density at radius 3 is 2.76 bits per heavy atom. The van der Waals surface area contributed by atoms with Crippen LogP contribution in [0.4, 0.5) is 0 Å². The number of carbonyl (C=O) groups excluding carboxylic acids is 1. The van der Waals surface area contributed by atoms with E-state index in [-0.39, 0.29) is 5.91 Å². The summed E-state index contributed by atoms with van der Waals surface area (Å²) in [6.45, 7) is 1.61. The van der Waals surface area contributed by atoms with Crippen LogP contribution in [0.2, 0.25) is 0 Å². The van der Waals surface area contributed by atoms with E-state index in [1.807, 2.05) is 65.2 Å². The minimum Gasteiger partial charge on any atom is -0.492 e. The standard InChI is InChI=1S/C22H20BrN3O2S/c23-21-15-18-20(29-21)14-19(22(27)25-11-9-16-6-4-5-10-24-16)26(18)12-13-28-17-7-2-1-3-8-17/h1-8,10,14-15H,9,11-13H2,(H,25,27). The van der Waals surface area contributed by atoms with E-state index in [1.54, 1.807) is 17.5 Å². The Morgan fingerprint density at radius 2 is 1.97 bits per heavy atom. The number of benzene rings is 1. The maximum absolute atomic E-state index is 12.8. The van der Waals surface area contributed by atoms with Crippen LogP contribution in [0.25, 0.3) is 10.2 Å². The Morgan fingerprint density at radius 1 is 1.14 bits per heavy atom. The molecular weight excluding hydrogens is 450 g/mol. The fourth-order valence-electron chi connectivity index (χ4n) is 3.15. The SMILES string of the molecule is O=C(NCCc1ccccn1)c1cc2sc(Br)cc2n1CCOc1ccccc1. The molecule has 0 aliphatic carbocycles. The highest BCUT2D eigenvalue weighted by molar-refractivity contribution is 9.11. The van der Waals surface area contributed by atoms with Crippen molar-refractivity contribution in [3.63, 3.8) is 0 Å². The Hall–Kier alpha value is -2.64. The van der Waals surface area contributed by atoms with Crippen LogP contribution in [0.15, 0.2) is 70.6 Å². The van der Waals surface area contributed by atoms with Gasteiger partial charge < -0.3 is 14.6 Å². The number of fused-ring (bicyclic) bond motifs is 1. The van der Waals surface area contributed by atoms with E-state index >= 15 is 0 Å². The van der Waals surface area contributed by atoms with Gasteiger partial charge in [0.1, 0.15) is 18.1 Å². The Labute approximate surface area is 181 Å². The molecule has 3 aromatic heterocycles. The number of nitrogens with one attached hydrogen (secondary N) is 1. The van der Waals surface area contributed by atoms with Gasteiger partial charge >= 0.3 is 0 Å². The summed E-state index contributed by atoms with van der Waals surface area (Å²) >= 11 is 5.16. The van der Waals surface area contributed by atoms with Gasteiger partial charge in [-0.1, -0.05) is 24.3 Å². The van der Waals surface area contributed by atoms with Crippen molar-refractivity contribution in [1.29, 1.82) is 0 Å². The highest BCUT2D eigenvalue weighted by Crippen LogP contribution is 2.32. The van der Waals surface area contributed by atoms with E-state index in [0.29, 0.717) is 31.8 Å². The molecule has 1 N–H and O–H groups in total. The van der Waals surface area contributed by atoms with Crippen molar-refractivity contribution in [2.45, 2.75) is 13.0 Å². The molecule has 0 spiro atoms. The average molecular weight is 470 g/mol. The highest BCUT2D eigenvalue weighted by Gasteiger charge is 2.17. The monoisotopic (exact) mass is 469 g/mol. The van der Waals surface area contributed by atoms with Crippen molar-refractivity contribution in [2.24, 2.45) is 0 Å². The zero-order valence-corrected chi connectivity index (χ0v) is 18.1. The van der Waals surface area contributed by atoms with Crippen LogP contribution in [0.3, 0.4) is 0 Å². The molecule has 0 aliphatic rings. The Bertz CT molecular complexity index is 1090. The topological polar surface area (TPSA) is 56.2 Å². The van der Waals surface area contributed by atoms with Crippen LogP contribution in [0, 0.1) is 0 Å². The molecule has 0 saturated heterocycles. The molecule has 0 saturated carbocycles. The Balaban J connectivity index is 1.45. The first-order chi connectivity index (χ1) is 14.2. The zero-order valence-electron chi connectivity index (χ0n) is 15.7. The fraction of sp³-hybridized carbons (Fsp3) is 0.182. The van der Waals surface area contributed by atoms with Gasteiger partial charge in [0, 0.05) is 24.9 Å². The second-order valence-electron chi connectivity index (χ2n) is 6.47. The van der Waals surface area contributed by atoms with Gasteiger partial charge in [0.25, 0.3) is 5.91 Å². The van der Waals surface area contributed by atoms with Crippen molar-refractivity contribution < 1.29 is 9.53 Å². The van der Waals surface area contributed by atoms with Gasteiger partial charge in [0.2, 0.25) is 0 Å². The van der Waals surface area contributed by atoms with Crippen LogP contribution in [0.1, 0.15) is 16.2 Å². The molecule has 7 heteroatoms. The lowest BCUT2D eigenvalue weighted by atomic mass is 10.2. The van der Waals surface area contributed by atoms with Gasteiger partial charge in [0.05, 0.1) is 20.5 Å². The number of nitrogens with zero attached hydrogens (tertiary/aromatic N) is 2. The second kappa shape index (κ2) is 9.24. The molecule has 0 bridgehead atoms. The zero-order chi connectivity index (χ0) is 20.1. The maximum Gasteiger partial charge on any atom is 0.267 e. The Kier molecular flexibility index (Phi) is 6.27. The number of hydrogen-bond donors (Lipinski definition) is 1.